The van der Waals surface area contributed by atoms with Gasteiger partial charge in [-0.05, 0) is 32.8 Å². The minimum atomic E-state index is -1.69. The van der Waals surface area contributed by atoms with Gasteiger partial charge in [0.2, 0.25) is 5.91 Å². The molecule has 3 rings (SSSR count). The lowest BCUT2D eigenvalue weighted by Gasteiger charge is -2.27. The summed E-state index contributed by atoms with van der Waals surface area (Å²) in [5.74, 6) is -2.63. The number of imide groups is 2. The first-order valence-corrected chi connectivity index (χ1v) is 12.4. The smallest absolute Gasteiger partial charge is 0.415 e. The Bertz CT molecular complexity index is 1260. The fourth-order valence-electron chi connectivity index (χ4n) is 3.69. The van der Waals surface area contributed by atoms with Crippen molar-refractivity contribution in [3.63, 3.8) is 0 Å². The fourth-order valence-corrected chi connectivity index (χ4v) is 3.69. The van der Waals surface area contributed by atoms with E-state index < -0.39 is 60.2 Å². The van der Waals surface area contributed by atoms with Crippen LogP contribution in [0.1, 0.15) is 45.0 Å². The predicted octanol–water partition coefficient (Wildman–Crippen LogP) is 0.544. The summed E-state index contributed by atoms with van der Waals surface area (Å²) in [6.07, 6.45) is -3.44. The Morgan fingerprint density at radius 3 is 2.49 bits per heavy atom. The summed E-state index contributed by atoms with van der Waals surface area (Å²) in [5.41, 5.74) is -0.223. The average Bonchev–Trinajstić information content (AvgIpc) is 3.55. The molecule has 220 valence electrons. The number of hydrogen-bond donors (Lipinski definition) is 4. The molecule has 0 aliphatic carbocycles. The Hall–Kier alpha value is -5.09. The number of ether oxygens (including phenoxy) is 2. The molecule has 1 aromatic carbocycles. The summed E-state index contributed by atoms with van der Waals surface area (Å²) >= 11 is 0. The number of carbonyl (C=O) groups excluding carboxylic acids is 5. The van der Waals surface area contributed by atoms with E-state index in [0.29, 0.717) is 4.90 Å². The molecule has 0 bridgehead atoms. The molecule has 0 radical (unpaired) electrons. The van der Waals surface area contributed by atoms with Gasteiger partial charge in [0, 0.05) is 6.42 Å². The van der Waals surface area contributed by atoms with Crippen molar-refractivity contribution < 1.29 is 43.3 Å². The maximum Gasteiger partial charge on any atom is 0.415 e. The largest absolute Gasteiger partial charge is 0.465 e. The lowest BCUT2D eigenvalue weighted by atomic mass is 10.1. The molecule has 1 saturated heterocycles. The van der Waals surface area contributed by atoms with E-state index in [1.807, 2.05) is 0 Å². The van der Waals surface area contributed by atoms with E-state index in [4.69, 9.17) is 9.47 Å². The van der Waals surface area contributed by atoms with Gasteiger partial charge in [-0.3, -0.25) is 14.4 Å². The quantitative estimate of drug-likeness (QED) is 0.285. The molecular formula is C24H30N8O9. The average molecular weight is 575 g/mol. The number of hydrogen-bond acceptors (Lipinski definition) is 11. The van der Waals surface area contributed by atoms with Crippen molar-refractivity contribution >= 4 is 36.0 Å². The van der Waals surface area contributed by atoms with Crippen LogP contribution < -0.4 is 10.6 Å². The Kier molecular flexibility index (Phi) is 9.89. The van der Waals surface area contributed by atoms with E-state index in [-0.39, 0.29) is 36.7 Å². The number of tetrazole rings is 1. The van der Waals surface area contributed by atoms with Crippen molar-refractivity contribution in [2.24, 2.45) is 0 Å². The molecule has 0 saturated carbocycles. The van der Waals surface area contributed by atoms with E-state index in [2.05, 4.69) is 31.3 Å². The number of aromatic nitrogens is 4. The normalized spacial score (nSPS) is 15.7. The van der Waals surface area contributed by atoms with Crippen LogP contribution in [0.4, 0.5) is 14.4 Å². The van der Waals surface area contributed by atoms with Gasteiger partial charge in [0.1, 0.15) is 24.3 Å². The lowest BCUT2D eigenvalue weighted by molar-refractivity contribution is -0.145. The number of H-pyrrole nitrogens is 1. The highest BCUT2D eigenvalue weighted by Gasteiger charge is 2.49. The van der Waals surface area contributed by atoms with Crippen LogP contribution >= 0.6 is 0 Å². The molecule has 1 aliphatic heterocycles. The molecule has 17 nitrogen and oxygen atoms in total. The first-order chi connectivity index (χ1) is 19.4. The summed E-state index contributed by atoms with van der Waals surface area (Å²) in [5, 5.41) is 27.1. The van der Waals surface area contributed by atoms with Gasteiger partial charge >= 0.3 is 24.2 Å². The number of amides is 6. The second-order valence-electron chi connectivity index (χ2n) is 9.83. The highest BCUT2D eigenvalue weighted by atomic mass is 16.6. The number of nitrogens with one attached hydrogen (secondary N) is 3. The van der Waals surface area contributed by atoms with Gasteiger partial charge in [0.25, 0.3) is 5.91 Å². The van der Waals surface area contributed by atoms with Crippen molar-refractivity contribution in [1.29, 1.82) is 0 Å². The molecule has 2 aromatic rings. The molecule has 1 aromatic heterocycles. The molecular weight excluding hydrogens is 544 g/mol. The molecule has 6 amide bonds. The van der Waals surface area contributed by atoms with Gasteiger partial charge in [0.05, 0.1) is 13.1 Å². The molecule has 2 heterocycles. The van der Waals surface area contributed by atoms with Crippen molar-refractivity contribution in [1.82, 2.24) is 41.1 Å². The Morgan fingerprint density at radius 2 is 1.88 bits per heavy atom. The number of esters is 1. The standard InChI is InChI=1S/C24H30N8O9/c1-24(2,3)41-21(36)26-15(9-10-18(33)40-13-14-7-5-4-6-8-14)20(35)32-16(12-31(22(32)37)23(38)39)19(34)25-11-17-27-29-30-28-17/h4-8,15-16H,9-13H2,1-3H3,(H,25,34)(H,26,36)(H,38,39)(H,27,28,29,30). The van der Waals surface area contributed by atoms with Gasteiger partial charge < -0.3 is 25.2 Å². The SMILES string of the molecule is CC(C)(C)OC(=O)NC(CCC(=O)OCc1ccccc1)C(=O)N1C(=O)N(C(=O)O)CC1C(=O)NCc1nn[nH]n1. The number of aromatic amines is 1. The van der Waals surface area contributed by atoms with Gasteiger partial charge in [-0.2, -0.15) is 5.21 Å². The summed E-state index contributed by atoms with van der Waals surface area (Å²) in [6, 6.07) is 4.39. The molecule has 41 heavy (non-hydrogen) atoms. The lowest BCUT2D eigenvalue weighted by Crippen LogP contribution is -2.55. The van der Waals surface area contributed by atoms with E-state index in [1.165, 1.54) is 0 Å². The van der Waals surface area contributed by atoms with Crippen LogP contribution in [0.25, 0.3) is 0 Å². The first-order valence-electron chi connectivity index (χ1n) is 12.4. The second-order valence-corrected chi connectivity index (χ2v) is 9.83. The number of benzene rings is 1. The summed E-state index contributed by atoms with van der Waals surface area (Å²) < 4.78 is 10.4. The van der Waals surface area contributed by atoms with Crippen molar-refractivity contribution in [3.05, 3.63) is 41.7 Å². The maximum atomic E-state index is 13.6. The van der Waals surface area contributed by atoms with Crippen LogP contribution in [0.3, 0.4) is 0 Å². The van der Waals surface area contributed by atoms with Crippen LogP contribution in [0.2, 0.25) is 0 Å². The van der Waals surface area contributed by atoms with Crippen LogP contribution in [-0.4, -0.2) is 95.8 Å². The zero-order valence-corrected chi connectivity index (χ0v) is 22.5. The van der Waals surface area contributed by atoms with Crippen LogP contribution in [0, 0.1) is 0 Å². The molecule has 1 fully saturated rings. The molecule has 2 atom stereocenters. The monoisotopic (exact) mass is 574 g/mol. The summed E-state index contributed by atoms with van der Waals surface area (Å²) in [4.78, 5) is 76.8. The van der Waals surface area contributed by atoms with E-state index in [0.717, 1.165) is 5.56 Å². The van der Waals surface area contributed by atoms with Crippen LogP contribution in [0.5, 0.6) is 0 Å². The van der Waals surface area contributed by atoms with Gasteiger partial charge in [-0.15, -0.1) is 10.2 Å². The topological polar surface area (TPSA) is 226 Å². The van der Waals surface area contributed by atoms with Crippen LogP contribution in [-0.2, 0) is 37.0 Å². The molecule has 17 heteroatoms. The minimum Gasteiger partial charge on any atom is -0.465 e. The van der Waals surface area contributed by atoms with E-state index >= 15 is 0 Å². The van der Waals surface area contributed by atoms with Crippen LogP contribution in [0.15, 0.2) is 30.3 Å². The minimum absolute atomic E-state index is 0.0292. The number of rotatable bonds is 10. The van der Waals surface area contributed by atoms with Gasteiger partial charge in [-0.1, -0.05) is 35.5 Å². The molecule has 0 spiro atoms. The third kappa shape index (κ3) is 8.70. The van der Waals surface area contributed by atoms with E-state index in [1.54, 1.807) is 51.1 Å². The molecule has 2 unspecified atom stereocenters. The van der Waals surface area contributed by atoms with Gasteiger partial charge in [0.15, 0.2) is 5.82 Å². The maximum absolute atomic E-state index is 13.6. The fraction of sp³-hybridized carbons (Fsp3) is 0.458. The molecule has 1 aliphatic rings. The first kappa shape index (κ1) is 30.5. The van der Waals surface area contributed by atoms with Gasteiger partial charge in [-0.25, -0.2) is 24.2 Å². The second kappa shape index (κ2) is 13.3. The zero-order valence-electron chi connectivity index (χ0n) is 22.5. The number of nitrogens with zero attached hydrogens (tertiary/aromatic N) is 5. The van der Waals surface area contributed by atoms with Crippen molar-refractivity contribution in [3.8, 4) is 0 Å². The summed E-state index contributed by atoms with van der Waals surface area (Å²) in [7, 11) is 0. The number of carboxylic acid groups (broad SMARTS) is 1. The zero-order chi connectivity index (χ0) is 30.2. The predicted molar refractivity (Wildman–Crippen MR) is 135 cm³/mol. The Morgan fingerprint density at radius 1 is 1.17 bits per heavy atom. The van der Waals surface area contributed by atoms with Crippen molar-refractivity contribution in [2.75, 3.05) is 6.54 Å². The highest BCUT2D eigenvalue weighted by Crippen LogP contribution is 2.20. The Balaban J connectivity index is 1.77. The third-order valence-corrected chi connectivity index (χ3v) is 5.55. The van der Waals surface area contributed by atoms with E-state index in [9.17, 15) is 33.9 Å². The highest BCUT2D eigenvalue weighted by molar-refractivity contribution is 6.08. The summed E-state index contributed by atoms with van der Waals surface area (Å²) in [6.45, 7) is 3.83. The number of carbonyl (C=O) groups is 6. The van der Waals surface area contributed by atoms with Crippen molar-refractivity contribution in [2.45, 2.75) is 64.4 Å². The molecule has 4 N–H and O–H groups in total. The number of alkyl carbamates (subject to hydrolysis) is 1. The Labute approximate surface area is 233 Å². The third-order valence-electron chi connectivity index (χ3n) is 5.55. The number of urea groups is 1.